The first-order valence-electron chi connectivity index (χ1n) is 8.98. The monoisotopic (exact) mass is 403 g/mol. The van der Waals surface area contributed by atoms with E-state index in [1.165, 1.54) is 18.2 Å². The van der Waals surface area contributed by atoms with E-state index in [2.05, 4.69) is 9.97 Å². The van der Waals surface area contributed by atoms with Crippen molar-refractivity contribution in [1.29, 1.82) is 0 Å². The van der Waals surface area contributed by atoms with Gasteiger partial charge in [0.15, 0.2) is 0 Å². The third-order valence-corrected chi connectivity index (χ3v) is 3.37. The predicted octanol–water partition coefficient (Wildman–Crippen LogP) is 4.34. The van der Waals surface area contributed by atoms with Gasteiger partial charge in [0, 0.05) is 25.2 Å². The highest BCUT2D eigenvalue weighted by atomic mass is 19.1. The average molecular weight is 403 g/mol. The van der Waals surface area contributed by atoms with Gasteiger partial charge >= 0.3 is 0 Å². The molecule has 7 heteroatoms. The molecule has 2 rings (SSSR count). The minimum Gasteiger partial charge on any atom is -0.347 e. The molecule has 0 unspecified atom stereocenters. The number of hydrogen-bond donors (Lipinski definition) is 0. The Labute approximate surface area is 172 Å². The summed E-state index contributed by atoms with van der Waals surface area (Å²) >= 11 is 0. The van der Waals surface area contributed by atoms with Crippen LogP contribution >= 0.6 is 0 Å². The Morgan fingerprint density at radius 1 is 1.00 bits per heavy atom. The van der Waals surface area contributed by atoms with Crippen LogP contribution in [0.5, 0.6) is 0 Å². The van der Waals surface area contributed by atoms with Gasteiger partial charge in [0.1, 0.15) is 25.7 Å². The van der Waals surface area contributed by atoms with E-state index in [-0.39, 0.29) is 11.7 Å². The van der Waals surface area contributed by atoms with Crippen LogP contribution in [-0.4, -0.2) is 43.9 Å². The minimum absolute atomic E-state index is 0.155. The van der Waals surface area contributed by atoms with Gasteiger partial charge in [-0.3, -0.25) is 4.79 Å². The van der Waals surface area contributed by atoms with Crippen LogP contribution in [0.2, 0.25) is 0 Å². The first kappa shape index (κ1) is 28.0. The van der Waals surface area contributed by atoms with Gasteiger partial charge in [0.2, 0.25) is 5.95 Å². The first-order valence-corrected chi connectivity index (χ1v) is 8.98. The van der Waals surface area contributed by atoms with Crippen molar-refractivity contribution in [2.75, 3.05) is 19.0 Å². The van der Waals surface area contributed by atoms with Crippen molar-refractivity contribution in [3.63, 3.8) is 0 Å². The lowest BCUT2D eigenvalue weighted by Gasteiger charge is -2.18. The van der Waals surface area contributed by atoms with Crippen molar-refractivity contribution in [2.45, 2.75) is 33.6 Å². The first-order chi connectivity index (χ1) is 13.9. The molecule has 0 aliphatic heterocycles. The van der Waals surface area contributed by atoms with Gasteiger partial charge in [-0.05, 0) is 42.3 Å². The zero-order valence-electron chi connectivity index (χ0n) is 18.0. The van der Waals surface area contributed by atoms with Crippen LogP contribution in [0, 0.1) is 5.82 Å². The van der Waals surface area contributed by atoms with Gasteiger partial charge in [0.25, 0.3) is 0 Å². The maximum Gasteiger partial charge on any atom is 0.225 e. The second kappa shape index (κ2) is 15.8. The smallest absolute Gasteiger partial charge is 0.225 e. The van der Waals surface area contributed by atoms with Crippen molar-refractivity contribution >= 4 is 31.9 Å². The molecule has 1 aromatic heterocycles. The third-order valence-electron chi connectivity index (χ3n) is 3.37. The SMILES string of the molecule is C=O.C=O.CC.CC(C)c1nc(N(C)C)nc(-c2ccc(F)cc2)c1/C=C/C=O. The Morgan fingerprint density at radius 2 is 1.52 bits per heavy atom. The van der Waals surface area contributed by atoms with Crippen LogP contribution in [0.1, 0.15) is 44.9 Å². The summed E-state index contributed by atoms with van der Waals surface area (Å²) < 4.78 is 13.2. The summed E-state index contributed by atoms with van der Waals surface area (Å²) in [7, 11) is 3.74. The summed E-state index contributed by atoms with van der Waals surface area (Å²) in [6, 6.07) is 6.16. The van der Waals surface area contributed by atoms with Crippen LogP contribution in [0.4, 0.5) is 10.3 Å². The van der Waals surface area contributed by atoms with Crippen molar-refractivity contribution in [1.82, 2.24) is 9.97 Å². The normalized spacial score (nSPS) is 9.38. The number of hydrogen-bond acceptors (Lipinski definition) is 6. The van der Waals surface area contributed by atoms with E-state index in [0.29, 0.717) is 11.6 Å². The fraction of sp³-hybridized carbons (Fsp3) is 0.318. The highest BCUT2D eigenvalue weighted by Crippen LogP contribution is 2.30. The number of carbonyl (C=O) groups excluding carboxylic acids is 3. The molecule has 0 bridgehead atoms. The predicted molar refractivity (Wildman–Crippen MR) is 117 cm³/mol. The lowest BCUT2D eigenvalue weighted by Crippen LogP contribution is -2.16. The molecule has 0 radical (unpaired) electrons. The second-order valence-electron chi connectivity index (χ2n) is 5.72. The molecule has 0 saturated carbocycles. The molecule has 0 spiro atoms. The largest absolute Gasteiger partial charge is 0.347 e. The van der Waals surface area contributed by atoms with E-state index in [4.69, 9.17) is 9.59 Å². The molecule has 2 aromatic rings. The van der Waals surface area contributed by atoms with E-state index < -0.39 is 0 Å². The van der Waals surface area contributed by atoms with E-state index in [9.17, 15) is 9.18 Å². The van der Waals surface area contributed by atoms with Crippen molar-refractivity contribution in [3.8, 4) is 11.3 Å². The van der Waals surface area contributed by atoms with Gasteiger partial charge in [-0.15, -0.1) is 0 Å². The van der Waals surface area contributed by atoms with Crippen LogP contribution in [0.3, 0.4) is 0 Å². The second-order valence-corrected chi connectivity index (χ2v) is 5.72. The molecule has 158 valence electrons. The molecular formula is C22H30FN3O3. The minimum atomic E-state index is -0.301. The Hall–Kier alpha value is -3.22. The third kappa shape index (κ3) is 8.55. The van der Waals surface area contributed by atoms with Crippen LogP contribution in [0.15, 0.2) is 30.3 Å². The average Bonchev–Trinajstić information content (AvgIpc) is 2.76. The van der Waals surface area contributed by atoms with Crippen LogP contribution in [-0.2, 0) is 14.4 Å². The molecule has 6 nitrogen and oxygen atoms in total. The number of allylic oxidation sites excluding steroid dienone is 1. The topological polar surface area (TPSA) is 80.2 Å². The summed E-state index contributed by atoms with van der Waals surface area (Å²) in [5.41, 5.74) is 3.10. The summed E-state index contributed by atoms with van der Waals surface area (Å²) in [5, 5.41) is 0. The van der Waals surface area contributed by atoms with Gasteiger partial charge in [-0.2, -0.15) is 0 Å². The van der Waals surface area contributed by atoms with E-state index in [1.54, 1.807) is 18.2 Å². The standard InChI is InChI=1S/C18H20FN3O.C2H6.2CH2O/c1-12(2)16-15(6-5-11-23)17(21-18(20-16)22(3)4)13-7-9-14(19)10-8-13;3*1-2/h5-12H,1-4H3;1-2H3;2*1H2/b6-5+;;;. The summed E-state index contributed by atoms with van der Waals surface area (Å²) in [6.07, 6.45) is 3.85. The van der Waals surface area contributed by atoms with Gasteiger partial charge in [-0.1, -0.05) is 27.7 Å². The Balaban J connectivity index is 0. The number of nitrogens with zero attached hydrogens (tertiary/aromatic N) is 3. The fourth-order valence-electron chi connectivity index (χ4n) is 2.24. The van der Waals surface area contributed by atoms with Crippen molar-refractivity contribution in [3.05, 3.63) is 47.4 Å². The Kier molecular flexibility index (Phi) is 15.3. The fourth-order valence-corrected chi connectivity index (χ4v) is 2.24. The molecule has 0 fully saturated rings. The van der Waals surface area contributed by atoms with Crippen LogP contribution in [0.25, 0.3) is 17.3 Å². The van der Waals surface area contributed by atoms with E-state index in [1.807, 2.05) is 60.3 Å². The summed E-state index contributed by atoms with van der Waals surface area (Å²) in [4.78, 5) is 37.8. The molecule has 29 heavy (non-hydrogen) atoms. The number of aromatic nitrogens is 2. The van der Waals surface area contributed by atoms with Gasteiger partial charge in [0.05, 0.1) is 11.4 Å². The number of carbonyl (C=O) groups is 3. The van der Waals surface area contributed by atoms with Crippen LogP contribution < -0.4 is 4.90 Å². The Morgan fingerprint density at radius 3 is 1.93 bits per heavy atom. The molecule has 0 aliphatic carbocycles. The molecule has 0 amide bonds. The molecule has 0 atom stereocenters. The molecule has 0 aliphatic rings. The number of halogens is 1. The Bertz CT molecular complexity index is 759. The van der Waals surface area contributed by atoms with Crippen molar-refractivity contribution in [2.24, 2.45) is 0 Å². The number of aldehydes is 1. The summed E-state index contributed by atoms with van der Waals surface area (Å²) in [6.45, 7) is 12.1. The van der Waals surface area contributed by atoms with E-state index >= 15 is 0 Å². The lowest BCUT2D eigenvalue weighted by molar-refractivity contribution is -0.104. The highest BCUT2D eigenvalue weighted by molar-refractivity contribution is 5.81. The van der Waals surface area contributed by atoms with E-state index in [0.717, 1.165) is 23.1 Å². The zero-order valence-corrected chi connectivity index (χ0v) is 18.0. The summed E-state index contributed by atoms with van der Waals surface area (Å²) in [5.74, 6) is 0.434. The maximum atomic E-state index is 13.2. The highest BCUT2D eigenvalue weighted by Gasteiger charge is 2.17. The molecule has 1 aromatic carbocycles. The molecule has 0 N–H and O–H groups in total. The zero-order chi connectivity index (χ0) is 23.0. The van der Waals surface area contributed by atoms with Gasteiger partial charge < -0.3 is 14.5 Å². The number of rotatable bonds is 5. The number of anilines is 1. The maximum absolute atomic E-state index is 13.2. The molecular weight excluding hydrogens is 373 g/mol. The quantitative estimate of drug-likeness (QED) is 0.546. The van der Waals surface area contributed by atoms with Crippen molar-refractivity contribution < 1.29 is 18.8 Å². The number of benzene rings is 1. The lowest BCUT2D eigenvalue weighted by atomic mass is 9.98. The molecule has 0 saturated heterocycles. The van der Waals surface area contributed by atoms with Gasteiger partial charge in [-0.25, -0.2) is 14.4 Å². The molecule has 1 heterocycles.